The van der Waals surface area contributed by atoms with Gasteiger partial charge in [0.1, 0.15) is 0 Å². The van der Waals surface area contributed by atoms with E-state index in [1.807, 2.05) is 12.1 Å². The van der Waals surface area contributed by atoms with E-state index in [0.29, 0.717) is 29.4 Å². The Bertz CT molecular complexity index is 624. The first-order valence-electron chi connectivity index (χ1n) is 5.80. The lowest BCUT2D eigenvalue weighted by atomic mass is 10.3. The summed E-state index contributed by atoms with van der Waals surface area (Å²) >= 11 is 1.40. The quantitative estimate of drug-likeness (QED) is 0.826. The molecule has 0 spiro atoms. The number of anilines is 2. The average molecular weight is 297 g/mol. The normalized spacial score (nSPS) is 12.5. The van der Waals surface area contributed by atoms with Crippen LogP contribution in [0, 0.1) is 0 Å². The van der Waals surface area contributed by atoms with Crippen molar-refractivity contribution in [2.45, 2.75) is 12.8 Å². The highest BCUT2D eigenvalue weighted by Crippen LogP contribution is 2.27. The molecule has 102 valence electrons. The van der Waals surface area contributed by atoms with Gasteiger partial charge < -0.3 is 11.1 Å². The predicted octanol–water partition coefficient (Wildman–Crippen LogP) is 1.98. The fourth-order valence-corrected chi connectivity index (χ4v) is 3.09. The van der Waals surface area contributed by atoms with Crippen molar-refractivity contribution >= 4 is 49.1 Å². The van der Waals surface area contributed by atoms with Crippen molar-refractivity contribution in [2.75, 3.05) is 23.1 Å². The first kappa shape index (κ1) is 14.0. The van der Waals surface area contributed by atoms with Gasteiger partial charge in [-0.05, 0) is 24.6 Å². The van der Waals surface area contributed by atoms with Crippen molar-refractivity contribution in [1.29, 1.82) is 0 Å². The van der Waals surface area contributed by atoms with Gasteiger partial charge in [-0.1, -0.05) is 11.3 Å². The van der Waals surface area contributed by atoms with Crippen LogP contribution in [0.15, 0.2) is 18.2 Å². The number of benzene rings is 1. The van der Waals surface area contributed by atoms with Gasteiger partial charge in [0.25, 0.3) is 0 Å². The van der Waals surface area contributed by atoms with Crippen LogP contribution in [0.1, 0.15) is 12.8 Å². The molecular formula is C12H15N3O2S2. The van der Waals surface area contributed by atoms with Crippen LogP contribution in [-0.4, -0.2) is 27.1 Å². The Kier molecular flexibility index (Phi) is 4.49. The van der Waals surface area contributed by atoms with E-state index in [0.717, 1.165) is 10.2 Å². The molecule has 0 bridgehead atoms. The van der Waals surface area contributed by atoms with Crippen molar-refractivity contribution in [2.24, 2.45) is 0 Å². The van der Waals surface area contributed by atoms with Crippen LogP contribution >= 0.6 is 11.3 Å². The molecule has 19 heavy (non-hydrogen) atoms. The largest absolute Gasteiger partial charge is 0.399 e. The van der Waals surface area contributed by atoms with Crippen LogP contribution < -0.4 is 11.1 Å². The maximum absolute atomic E-state index is 11.7. The highest BCUT2D eigenvalue weighted by Gasteiger charge is 2.08. The second-order valence-corrected chi connectivity index (χ2v) is 6.76. The van der Waals surface area contributed by atoms with Gasteiger partial charge in [0.2, 0.25) is 5.91 Å². The van der Waals surface area contributed by atoms with Gasteiger partial charge in [-0.15, -0.1) is 0 Å². The number of thiazole rings is 1. The average Bonchev–Trinajstić information content (AvgIpc) is 2.69. The third-order valence-electron chi connectivity index (χ3n) is 2.49. The molecule has 0 aliphatic carbocycles. The van der Waals surface area contributed by atoms with Gasteiger partial charge in [-0.25, -0.2) is 4.98 Å². The SMILES string of the molecule is CS(=O)CCCC(=O)Nc1nc2ccc(N)cc2s1. The maximum Gasteiger partial charge on any atom is 0.226 e. The molecule has 1 aromatic carbocycles. The van der Waals surface area contributed by atoms with Crippen LogP contribution in [0.4, 0.5) is 10.8 Å². The molecule has 5 nitrogen and oxygen atoms in total. The molecule has 2 aromatic rings. The molecule has 1 unspecified atom stereocenters. The zero-order valence-corrected chi connectivity index (χ0v) is 12.1. The Morgan fingerprint density at radius 2 is 2.32 bits per heavy atom. The molecule has 3 N–H and O–H groups in total. The smallest absolute Gasteiger partial charge is 0.226 e. The number of hydrogen-bond donors (Lipinski definition) is 2. The van der Waals surface area contributed by atoms with E-state index in [1.165, 1.54) is 11.3 Å². The van der Waals surface area contributed by atoms with Gasteiger partial charge in [0.05, 0.1) is 10.2 Å². The van der Waals surface area contributed by atoms with Gasteiger partial charge in [0, 0.05) is 34.9 Å². The lowest BCUT2D eigenvalue weighted by Crippen LogP contribution is -2.12. The zero-order valence-electron chi connectivity index (χ0n) is 10.5. The number of nitrogens with zero attached hydrogens (tertiary/aromatic N) is 1. The molecule has 0 saturated carbocycles. The van der Waals surface area contributed by atoms with E-state index in [-0.39, 0.29) is 5.91 Å². The summed E-state index contributed by atoms with van der Waals surface area (Å²) in [5, 5.41) is 3.33. The summed E-state index contributed by atoms with van der Waals surface area (Å²) in [7, 11) is -0.850. The third kappa shape index (κ3) is 4.00. The number of carbonyl (C=O) groups is 1. The highest BCUT2D eigenvalue weighted by atomic mass is 32.2. The number of rotatable bonds is 5. The first-order valence-corrected chi connectivity index (χ1v) is 8.35. The number of carbonyl (C=O) groups excluding carboxylic acids is 1. The molecule has 0 aliphatic heterocycles. The van der Waals surface area contributed by atoms with Crippen molar-refractivity contribution < 1.29 is 9.00 Å². The minimum Gasteiger partial charge on any atom is -0.399 e. The van der Waals surface area contributed by atoms with Gasteiger partial charge in [-0.3, -0.25) is 9.00 Å². The summed E-state index contributed by atoms with van der Waals surface area (Å²) in [6.45, 7) is 0. The molecule has 1 heterocycles. The monoisotopic (exact) mass is 297 g/mol. The Morgan fingerprint density at radius 3 is 3.05 bits per heavy atom. The highest BCUT2D eigenvalue weighted by molar-refractivity contribution is 7.84. The Labute approximate surface area is 117 Å². The lowest BCUT2D eigenvalue weighted by molar-refractivity contribution is -0.116. The Balaban J connectivity index is 1.97. The summed E-state index contributed by atoms with van der Waals surface area (Å²) in [4.78, 5) is 16.0. The number of amides is 1. The molecule has 0 aliphatic rings. The Morgan fingerprint density at radius 1 is 1.53 bits per heavy atom. The standard InChI is InChI=1S/C12H15N3O2S2/c1-19(17)6-2-3-11(16)15-12-14-9-5-4-8(13)7-10(9)18-12/h4-5,7H,2-3,6,13H2,1H3,(H,14,15,16). The molecule has 7 heteroatoms. The van der Waals surface area contributed by atoms with Crippen LogP contribution in [-0.2, 0) is 15.6 Å². The number of nitrogens with one attached hydrogen (secondary N) is 1. The van der Waals surface area contributed by atoms with Crippen LogP contribution in [0.25, 0.3) is 10.2 Å². The first-order chi connectivity index (χ1) is 9.04. The molecule has 0 saturated heterocycles. The van der Waals surface area contributed by atoms with E-state index in [2.05, 4.69) is 10.3 Å². The number of fused-ring (bicyclic) bond motifs is 1. The van der Waals surface area contributed by atoms with Gasteiger partial charge in [0.15, 0.2) is 5.13 Å². The number of aromatic nitrogens is 1. The van der Waals surface area contributed by atoms with Crippen molar-refractivity contribution in [3.8, 4) is 0 Å². The number of hydrogen-bond acceptors (Lipinski definition) is 5. The summed E-state index contributed by atoms with van der Waals surface area (Å²) in [5.41, 5.74) is 7.19. The summed E-state index contributed by atoms with van der Waals surface area (Å²) in [6.07, 6.45) is 2.61. The fraction of sp³-hybridized carbons (Fsp3) is 0.333. The van der Waals surface area contributed by atoms with E-state index in [4.69, 9.17) is 5.73 Å². The van der Waals surface area contributed by atoms with E-state index in [1.54, 1.807) is 12.3 Å². The second-order valence-electron chi connectivity index (χ2n) is 4.18. The fourth-order valence-electron chi connectivity index (χ4n) is 1.61. The molecule has 1 aromatic heterocycles. The molecule has 2 rings (SSSR count). The third-order valence-corrected chi connectivity index (χ3v) is 4.29. The van der Waals surface area contributed by atoms with Crippen molar-refractivity contribution in [3.63, 3.8) is 0 Å². The van der Waals surface area contributed by atoms with Crippen LogP contribution in [0.3, 0.4) is 0 Å². The summed E-state index contributed by atoms with van der Waals surface area (Å²) < 4.78 is 11.8. The van der Waals surface area contributed by atoms with E-state index < -0.39 is 10.8 Å². The minimum absolute atomic E-state index is 0.0996. The summed E-state index contributed by atoms with van der Waals surface area (Å²) in [5.74, 6) is 0.446. The minimum atomic E-state index is -0.850. The number of nitrogens with two attached hydrogens (primary N) is 1. The van der Waals surface area contributed by atoms with Gasteiger partial charge >= 0.3 is 0 Å². The number of nitrogen functional groups attached to an aromatic ring is 1. The molecule has 1 amide bonds. The maximum atomic E-state index is 11.7. The second kappa shape index (κ2) is 6.12. The molecule has 1 atom stereocenters. The topological polar surface area (TPSA) is 85.1 Å². The van der Waals surface area contributed by atoms with E-state index in [9.17, 15) is 9.00 Å². The van der Waals surface area contributed by atoms with Crippen molar-refractivity contribution in [3.05, 3.63) is 18.2 Å². The van der Waals surface area contributed by atoms with Crippen LogP contribution in [0.5, 0.6) is 0 Å². The van der Waals surface area contributed by atoms with Crippen LogP contribution in [0.2, 0.25) is 0 Å². The lowest BCUT2D eigenvalue weighted by Gasteiger charge is -2.00. The molecule has 0 fully saturated rings. The predicted molar refractivity (Wildman–Crippen MR) is 80.8 cm³/mol. The molecular weight excluding hydrogens is 282 g/mol. The Hall–Kier alpha value is -1.47. The van der Waals surface area contributed by atoms with Crippen molar-refractivity contribution in [1.82, 2.24) is 4.98 Å². The van der Waals surface area contributed by atoms with E-state index >= 15 is 0 Å². The summed E-state index contributed by atoms with van der Waals surface area (Å²) in [6, 6.07) is 5.45. The van der Waals surface area contributed by atoms with Gasteiger partial charge in [-0.2, -0.15) is 0 Å². The zero-order chi connectivity index (χ0) is 13.8. The molecule has 0 radical (unpaired) electrons.